The molecule has 0 radical (unpaired) electrons. The summed E-state index contributed by atoms with van der Waals surface area (Å²) in [4.78, 5) is 8.75. The summed E-state index contributed by atoms with van der Waals surface area (Å²) >= 11 is 0. The molecule has 0 bridgehead atoms. The molecule has 0 unspecified atom stereocenters. The second-order valence-electron chi connectivity index (χ2n) is 3.38. The van der Waals surface area contributed by atoms with Crippen LogP contribution in [0.4, 0.5) is 0 Å². The lowest BCUT2D eigenvalue weighted by Crippen LogP contribution is -2.05. The molecule has 15 heavy (non-hydrogen) atoms. The summed E-state index contributed by atoms with van der Waals surface area (Å²) < 4.78 is 5.13. The molecule has 2 rings (SSSR count). The number of benzene rings is 1. The van der Waals surface area contributed by atoms with E-state index in [1.54, 1.807) is 7.11 Å². The number of nitrogens with two attached hydrogens (primary N) is 1. The number of rotatable bonds is 2. The lowest BCUT2D eigenvalue weighted by Gasteiger charge is -2.06. The van der Waals surface area contributed by atoms with E-state index in [9.17, 15) is 0 Å². The van der Waals surface area contributed by atoms with E-state index in [1.165, 1.54) is 0 Å². The Labute approximate surface area is 88.1 Å². The number of hydrogen-bond donors (Lipinski definition) is 1. The molecule has 78 valence electrons. The van der Waals surface area contributed by atoms with Crippen molar-refractivity contribution in [3.63, 3.8) is 0 Å². The van der Waals surface area contributed by atoms with Gasteiger partial charge in [-0.3, -0.25) is 0 Å². The smallest absolute Gasteiger partial charge is 0.237 e. The molecule has 0 atom stereocenters. The van der Waals surface area contributed by atoms with Crippen LogP contribution in [0.25, 0.3) is 11.0 Å². The van der Waals surface area contributed by atoms with Crippen molar-refractivity contribution in [2.45, 2.75) is 13.5 Å². The monoisotopic (exact) mass is 203 g/mol. The zero-order chi connectivity index (χ0) is 10.8. The van der Waals surface area contributed by atoms with Crippen molar-refractivity contribution < 1.29 is 4.74 Å². The van der Waals surface area contributed by atoms with Gasteiger partial charge in [0.15, 0.2) is 0 Å². The van der Waals surface area contributed by atoms with Crippen molar-refractivity contribution in [2.24, 2.45) is 5.73 Å². The fourth-order valence-corrected chi connectivity index (χ4v) is 1.48. The van der Waals surface area contributed by atoms with Gasteiger partial charge in [0.1, 0.15) is 5.69 Å². The van der Waals surface area contributed by atoms with Crippen molar-refractivity contribution in [3.05, 3.63) is 29.5 Å². The van der Waals surface area contributed by atoms with E-state index < -0.39 is 0 Å². The third-order valence-electron chi connectivity index (χ3n) is 2.24. The molecule has 1 heterocycles. The second-order valence-corrected chi connectivity index (χ2v) is 3.38. The highest BCUT2D eigenvalue weighted by atomic mass is 16.5. The first-order valence-corrected chi connectivity index (χ1v) is 4.76. The summed E-state index contributed by atoms with van der Waals surface area (Å²) in [5, 5.41) is 0. The fraction of sp³-hybridized carbons (Fsp3) is 0.273. The first-order chi connectivity index (χ1) is 7.24. The van der Waals surface area contributed by atoms with Crippen LogP contribution in [-0.4, -0.2) is 17.1 Å². The molecule has 1 aromatic carbocycles. The predicted octanol–water partition coefficient (Wildman–Crippen LogP) is 1.41. The van der Waals surface area contributed by atoms with E-state index in [2.05, 4.69) is 9.97 Å². The van der Waals surface area contributed by atoms with Crippen molar-refractivity contribution in [3.8, 4) is 5.88 Å². The first kappa shape index (κ1) is 9.86. The third-order valence-corrected chi connectivity index (χ3v) is 2.24. The molecule has 0 amide bonds. The van der Waals surface area contributed by atoms with Crippen LogP contribution >= 0.6 is 0 Å². The number of methoxy groups -OCH3 is 1. The highest BCUT2D eigenvalue weighted by molar-refractivity contribution is 5.75. The minimum Gasteiger partial charge on any atom is -0.480 e. The number of aryl methyl sites for hydroxylation is 1. The summed E-state index contributed by atoms with van der Waals surface area (Å²) in [5.74, 6) is 0.510. The lowest BCUT2D eigenvalue weighted by atomic mass is 10.2. The topological polar surface area (TPSA) is 61.0 Å². The molecule has 0 aliphatic rings. The Balaban J connectivity index is 2.69. The zero-order valence-electron chi connectivity index (χ0n) is 8.82. The van der Waals surface area contributed by atoms with E-state index in [1.807, 2.05) is 25.1 Å². The third kappa shape index (κ3) is 1.76. The normalized spacial score (nSPS) is 10.6. The van der Waals surface area contributed by atoms with E-state index in [0.29, 0.717) is 18.1 Å². The molecule has 1 aromatic heterocycles. The Hall–Kier alpha value is -1.68. The minimum atomic E-state index is 0.333. The highest BCUT2D eigenvalue weighted by Crippen LogP contribution is 2.18. The van der Waals surface area contributed by atoms with E-state index in [-0.39, 0.29) is 0 Å². The molecule has 0 aliphatic heterocycles. The molecule has 2 N–H and O–H groups in total. The molecule has 2 aromatic rings. The molecule has 0 spiro atoms. The molecule has 0 saturated carbocycles. The Morgan fingerprint density at radius 1 is 1.27 bits per heavy atom. The van der Waals surface area contributed by atoms with Crippen LogP contribution in [0.15, 0.2) is 18.2 Å². The second kappa shape index (κ2) is 3.82. The van der Waals surface area contributed by atoms with Gasteiger partial charge in [0.05, 0.1) is 18.1 Å². The van der Waals surface area contributed by atoms with Gasteiger partial charge in [-0.1, -0.05) is 6.07 Å². The van der Waals surface area contributed by atoms with Crippen LogP contribution in [0.3, 0.4) is 0 Å². The Morgan fingerprint density at radius 3 is 2.73 bits per heavy atom. The van der Waals surface area contributed by atoms with Crippen LogP contribution in [0.1, 0.15) is 11.3 Å². The van der Waals surface area contributed by atoms with Gasteiger partial charge in [-0.05, 0) is 24.6 Å². The number of fused-ring (bicyclic) bond motifs is 1. The van der Waals surface area contributed by atoms with Gasteiger partial charge in [0.2, 0.25) is 5.88 Å². The highest BCUT2D eigenvalue weighted by Gasteiger charge is 2.07. The van der Waals surface area contributed by atoms with E-state index in [0.717, 1.165) is 16.6 Å². The van der Waals surface area contributed by atoms with Crippen LogP contribution in [0, 0.1) is 6.92 Å². The van der Waals surface area contributed by atoms with Crippen molar-refractivity contribution in [2.75, 3.05) is 7.11 Å². The summed E-state index contributed by atoms with van der Waals surface area (Å²) in [6.07, 6.45) is 0. The van der Waals surface area contributed by atoms with Gasteiger partial charge in [-0.2, -0.15) is 0 Å². The van der Waals surface area contributed by atoms with Crippen molar-refractivity contribution >= 4 is 11.0 Å². The molecule has 0 aliphatic carbocycles. The number of ether oxygens (including phenoxy) is 1. The maximum atomic E-state index is 5.56. The standard InChI is InChI=1S/C11H13N3O/c1-7-3-4-8-9(5-7)14-11(15-2)10(6-12)13-8/h3-5H,6,12H2,1-2H3. The Kier molecular flexibility index (Phi) is 2.51. The average molecular weight is 203 g/mol. The molecule has 0 saturated heterocycles. The quantitative estimate of drug-likeness (QED) is 0.801. The van der Waals surface area contributed by atoms with Crippen LogP contribution in [0.2, 0.25) is 0 Å². The van der Waals surface area contributed by atoms with Crippen molar-refractivity contribution in [1.29, 1.82) is 0 Å². The minimum absolute atomic E-state index is 0.333. The summed E-state index contributed by atoms with van der Waals surface area (Å²) in [7, 11) is 1.57. The molecule has 4 nitrogen and oxygen atoms in total. The van der Waals surface area contributed by atoms with Gasteiger partial charge in [0.25, 0.3) is 0 Å². The number of aromatic nitrogens is 2. The predicted molar refractivity (Wildman–Crippen MR) is 58.7 cm³/mol. The van der Waals surface area contributed by atoms with E-state index in [4.69, 9.17) is 10.5 Å². The zero-order valence-corrected chi connectivity index (χ0v) is 8.82. The molecular formula is C11H13N3O. The molecule has 0 fully saturated rings. The largest absolute Gasteiger partial charge is 0.480 e. The Morgan fingerprint density at radius 2 is 2.07 bits per heavy atom. The summed E-state index contributed by atoms with van der Waals surface area (Å²) in [6, 6.07) is 5.92. The van der Waals surface area contributed by atoms with Gasteiger partial charge < -0.3 is 10.5 Å². The molecule has 4 heteroatoms. The average Bonchev–Trinajstić information content (AvgIpc) is 2.27. The van der Waals surface area contributed by atoms with Crippen molar-refractivity contribution in [1.82, 2.24) is 9.97 Å². The number of nitrogens with zero attached hydrogens (tertiary/aromatic N) is 2. The maximum Gasteiger partial charge on any atom is 0.237 e. The maximum absolute atomic E-state index is 5.56. The van der Waals surface area contributed by atoms with Crippen LogP contribution in [-0.2, 0) is 6.54 Å². The van der Waals surface area contributed by atoms with Crippen LogP contribution in [0.5, 0.6) is 5.88 Å². The SMILES string of the molecule is COc1nc2cc(C)ccc2nc1CN. The van der Waals surface area contributed by atoms with Gasteiger partial charge >= 0.3 is 0 Å². The van der Waals surface area contributed by atoms with Gasteiger partial charge in [0, 0.05) is 6.54 Å². The first-order valence-electron chi connectivity index (χ1n) is 4.76. The van der Waals surface area contributed by atoms with Crippen LogP contribution < -0.4 is 10.5 Å². The molecular weight excluding hydrogens is 190 g/mol. The number of hydrogen-bond acceptors (Lipinski definition) is 4. The summed E-state index contributed by atoms with van der Waals surface area (Å²) in [6.45, 7) is 2.35. The van der Waals surface area contributed by atoms with Gasteiger partial charge in [-0.15, -0.1) is 0 Å². The lowest BCUT2D eigenvalue weighted by molar-refractivity contribution is 0.391. The Bertz CT molecular complexity index is 496. The van der Waals surface area contributed by atoms with Gasteiger partial charge in [-0.25, -0.2) is 9.97 Å². The summed E-state index contributed by atoms with van der Waals surface area (Å²) in [5.41, 5.74) is 9.09. The van der Waals surface area contributed by atoms with E-state index >= 15 is 0 Å². The fourth-order valence-electron chi connectivity index (χ4n) is 1.48.